The van der Waals surface area contributed by atoms with E-state index in [4.69, 9.17) is 14.9 Å². The summed E-state index contributed by atoms with van der Waals surface area (Å²) in [6, 6.07) is 1.62. The maximum atomic E-state index is 6.12. The maximum Gasteiger partial charge on any atom is 0.137 e. The molecule has 0 spiro atoms. The average Bonchev–Trinajstić information content (AvgIpc) is 2.59. The maximum absolute atomic E-state index is 6.12. The van der Waals surface area contributed by atoms with Gasteiger partial charge in [-0.2, -0.15) is 0 Å². The molecule has 0 radical (unpaired) electrons. The molecular weight excluding hydrogens is 258 g/mol. The van der Waals surface area contributed by atoms with Crippen LogP contribution in [0.5, 0.6) is 0 Å². The van der Waals surface area contributed by atoms with Gasteiger partial charge in [-0.05, 0) is 34.8 Å². The minimum absolute atomic E-state index is 0.0163. The van der Waals surface area contributed by atoms with Crippen LogP contribution in [-0.2, 0) is 4.74 Å². The van der Waals surface area contributed by atoms with E-state index in [0.29, 0.717) is 12.5 Å². The molecule has 2 N–H and O–H groups in total. The molecule has 1 heterocycles. The molecule has 1 aromatic heterocycles. The Hall–Kier alpha value is -0.320. The predicted molar refractivity (Wildman–Crippen MR) is 63.6 cm³/mol. The molecule has 1 aromatic rings. The van der Waals surface area contributed by atoms with E-state index in [-0.39, 0.29) is 12.1 Å². The molecule has 0 saturated carbocycles. The highest BCUT2D eigenvalue weighted by atomic mass is 79.9. The van der Waals surface area contributed by atoms with Crippen molar-refractivity contribution in [1.82, 2.24) is 0 Å². The molecule has 2 unspecified atom stereocenters. The summed E-state index contributed by atoms with van der Waals surface area (Å²) in [5.74, 6) is 1.11. The van der Waals surface area contributed by atoms with Crippen molar-refractivity contribution in [2.45, 2.75) is 32.9 Å². The van der Waals surface area contributed by atoms with Gasteiger partial charge in [-0.25, -0.2) is 0 Å². The van der Waals surface area contributed by atoms with Gasteiger partial charge >= 0.3 is 0 Å². The first-order valence-electron chi connectivity index (χ1n) is 5.18. The quantitative estimate of drug-likeness (QED) is 0.898. The molecule has 4 heteroatoms. The normalized spacial score (nSPS) is 15.6. The van der Waals surface area contributed by atoms with Crippen LogP contribution in [-0.4, -0.2) is 12.7 Å². The fourth-order valence-electron chi connectivity index (χ4n) is 1.60. The van der Waals surface area contributed by atoms with Crippen molar-refractivity contribution in [3.05, 3.63) is 22.6 Å². The number of halogens is 1. The van der Waals surface area contributed by atoms with Crippen molar-refractivity contribution in [2.24, 2.45) is 11.7 Å². The van der Waals surface area contributed by atoms with Gasteiger partial charge in [0.2, 0.25) is 0 Å². The molecular formula is C11H18BrNO2. The highest BCUT2D eigenvalue weighted by Crippen LogP contribution is 2.29. The highest BCUT2D eigenvalue weighted by molar-refractivity contribution is 9.10. The van der Waals surface area contributed by atoms with Crippen LogP contribution in [0.15, 0.2) is 21.2 Å². The van der Waals surface area contributed by atoms with Gasteiger partial charge in [0.15, 0.2) is 0 Å². The topological polar surface area (TPSA) is 48.4 Å². The highest BCUT2D eigenvalue weighted by Gasteiger charge is 2.26. The molecule has 86 valence electrons. The molecule has 0 aromatic carbocycles. The van der Waals surface area contributed by atoms with Crippen molar-refractivity contribution in [3.63, 3.8) is 0 Å². The molecule has 0 saturated heterocycles. The summed E-state index contributed by atoms with van der Waals surface area (Å²) in [4.78, 5) is 0. The van der Waals surface area contributed by atoms with E-state index in [0.717, 1.165) is 10.2 Å². The lowest BCUT2D eigenvalue weighted by Gasteiger charge is -2.26. The SMILES string of the molecule is CCOC(C(C)C)C(N)c1occc1Br. The molecule has 0 amide bonds. The summed E-state index contributed by atoms with van der Waals surface area (Å²) in [6.07, 6.45) is 1.61. The zero-order valence-corrected chi connectivity index (χ0v) is 11.0. The lowest BCUT2D eigenvalue weighted by Crippen LogP contribution is -2.33. The fourth-order valence-corrected chi connectivity index (χ4v) is 2.06. The predicted octanol–water partition coefficient (Wildman–Crippen LogP) is 3.10. The Bertz CT molecular complexity index is 299. The van der Waals surface area contributed by atoms with E-state index >= 15 is 0 Å². The summed E-state index contributed by atoms with van der Waals surface area (Å²) in [5.41, 5.74) is 6.12. The standard InChI is InChI=1S/C11H18BrNO2/c1-4-14-10(7(2)3)9(13)11-8(12)5-6-15-11/h5-7,9-10H,4,13H2,1-3H3. The van der Waals surface area contributed by atoms with Gasteiger partial charge in [0, 0.05) is 6.61 Å². The van der Waals surface area contributed by atoms with Crippen LogP contribution in [0, 0.1) is 5.92 Å². The third kappa shape index (κ3) is 3.06. The smallest absolute Gasteiger partial charge is 0.137 e. The Balaban J connectivity index is 2.80. The van der Waals surface area contributed by atoms with Gasteiger partial charge in [0.05, 0.1) is 22.9 Å². The Labute approximate surface area is 99.1 Å². The molecule has 0 fully saturated rings. The van der Waals surface area contributed by atoms with Gasteiger partial charge < -0.3 is 14.9 Å². The van der Waals surface area contributed by atoms with E-state index in [1.807, 2.05) is 13.0 Å². The largest absolute Gasteiger partial charge is 0.466 e. The van der Waals surface area contributed by atoms with E-state index < -0.39 is 0 Å². The van der Waals surface area contributed by atoms with E-state index in [2.05, 4.69) is 29.8 Å². The van der Waals surface area contributed by atoms with Crippen molar-refractivity contribution >= 4 is 15.9 Å². The molecule has 1 rings (SSSR count). The van der Waals surface area contributed by atoms with Crippen LogP contribution in [0.25, 0.3) is 0 Å². The van der Waals surface area contributed by atoms with E-state index in [9.17, 15) is 0 Å². The lowest BCUT2D eigenvalue weighted by atomic mass is 9.98. The Morgan fingerprint density at radius 1 is 1.53 bits per heavy atom. The summed E-state index contributed by atoms with van der Waals surface area (Å²) < 4.78 is 11.9. The van der Waals surface area contributed by atoms with Crippen molar-refractivity contribution < 1.29 is 9.15 Å². The number of furan rings is 1. The Morgan fingerprint density at radius 3 is 2.60 bits per heavy atom. The van der Waals surface area contributed by atoms with E-state index in [1.54, 1.807) is 6.26 Å². The zero-order chi connectivity index (χ0) is 11.4. The van der Waals surface area contributed by atoms with Crippen LogP contribution in [0.1, 0.15) is 32.6 Å². The first kappa shape index (κ1) is 12.7. The second kappa shape index (κ2) is 5.68. The molecule has 0 bridgehead atoms. The van der Waals surface area contributed by atoms with Gasteiger partial charge in [-0.3, -0.25) is 0 Å². The van der Waals surface area contributed by atoms with E-state index in [1.165, 1.54) is 0 Å². The van der Waals surface area contributed by atoms with Crippen LogP contribution < -0.4 is 5.73 Å². The third-order valence-electron chi connectivity index (χ3n) is 2.32. The lowest BCUT2D eigenvalue weighted by molar-refractivity contribution is 0.00742. The minimum Gasteiger partial charge on any atom is -0.466 e. The molecule has 0 aliphatic heterocycles. The van der Waals surface area contributed by atoms with Crippen LogP contribution in [0.3, 0.4) is 0 Å². The van der Waals surface area contributed by atoms with Crippen molar-refractivity contribution in [2.75, 3.05) is 6.61 Å². The number of nitrogens with two attached hydrogens (primary N) is 1. The zero-order valence-electron chi connectivity index (χ0n) is 9.37. The van der Waals surface area contributed by atoms with Gasteiger partial charge in [-0.1, -0.05) is 13.8 Å². The summed E-state index contributed by atoms with van der Waals surface area (Å²) in [6.45, 7) is 6.82. The number of hydrogen-bond donors (Lipinski definition) is 1. The van der Waals surface area contributed by atoms with Crippen LogP contribution in [0.4, 0.5) is 0 Å². The Morgan fingerprint density at radius 2 is 2.20 bits per heavy atom. The molecule has 0 aliphatic rings. The Kier molecular flexibility index (Phi) is 4.83. The van der Waals surface area contributed by atoms with Gasteiger partial charge in [0.1, 0.15) is 5.76 Å². The second-order valence-corrected chi connectivity index (χ2v) is 4.68. The van der Waals surface area contributed by atoms with Crippen LogP contribution in [0.2, 0.25) is 0 Å². The van der Waals surface area contributed by atoms with Gasteiger partial charge in [-0.15, -0.1) is 0 Å². The fraction of sp³-hybridized carbons (Fsp3) is 0.636. The van der Waals surface area contributed by atoms with Crippen molar-refractivity contribution in [1.29, 1.82) is 0 Å². The minimum atomic E-state index is -0.227. The second-order valence-electron chi connectivity index (χ2n) is 3.82. The number of ether oxygens (including phenoxy) is 1. The summed E-state index contributed by atoms with van der Waals surface area (Å²) >= 11 is 3.41. The summed E-state index contributed by atoms with van der Waals surface area (Å²) in [5, 5.41) is 0. The first-order chi connectivity index (χ1) is 7.07. The average molecular weight is 276 g/mol. The van der Waals surface area contributed by atoms with Crippen LogP contribution >= 0.6 is 15.9 Å². The van der Waals surface area contributed by atoms with Gasteiger partial charge in [0.25, 0.3) is 0 Å². The summed E-state index contributed by atoms with van der Waals surface area (Å²) in [7, 11) is 0. The van der Waals surface area contributed by atoms with Crippen molar-refractivity contribution in [3.8, 4) is 0 Å². The number of rotatable bonds is 5. The molecule has 0 aliphatic carbocycles. The molecule has 15 heavy (non-hydrogen) atoms. The first-order valence-corrected chi connectivity index (χ1v) is 5.97. The number of hydrogen-bond acceptors (Lipinski definition) is 3. The molecule has 2 atom stereocenters. The third-order valence-corrected chi connectivity index (χ3v) is 2.97. The molecule has 3 nitrogen and oxygen atoms in total. The monoisotopic (exact) mass is 275 g/mol.